The molecule has 1 aromatic heterocycles. The highest BCUT2D eigenvalue weighted by Crippen LogP contribution is 2.55. The molecule has 0 radical (unpaired) electrons. The summed E-state index contributed by atoms with van der Waals surface area (Å²) in [6.07, 6.45) is 7.29. The van der Waals surface area contributed by atoms with Crippen LogP contribution >= 0.6 is 27.5 Å². The molecule has 2 unspecified atom stereocenters. The van der Waals surface area contributed by atoms with Gasteiger partial charge in [0.25, 0.3) is 0 Å². The average Bonchev–Trinajstić information content (AvgIpc) is 3.30. The zero-order valence-corrected chi connectivity index (χ0v) is 29.7. The van der Waals surface area contributed by atoms with Gasteiger partial charge in [-0.05, 0) is 56.7 Å². The molecule has 1 saturated carbocycles. The Labute approximate surface area is 284 Å². The molecule has 252 valence electrons. The predicted octanol–water partition coefficient (Wildman–Crippen LogP) is 6.34. The van der Waals surface area contributed by atoms with Gasteiger partial charge in [0.1, 0.15) is 16.9 Å². The number of aromatic nitrogens is 1. The monoisotopic (exact) mass is 722 g/mol. The molecule has 0 spiro atoms. The first-order chi connectivity index (χ1) is 21.8. The number of esters is 2. The molecule has 1 heterocycles. The first-order valence-corrected chi connectivity index (χ1v) is 16.7. The van der Waals surface area contributed by atoms with Gasteiger partial charge < -0.3 is 28.4 Å². The normalized spacial score (nSPS) is 17.4. The minimum atomic E-state index is -0.637. The lowest BCUT2D eigenvalue weighted by molar-refractivity contribution is -0.139. The topological polar surface area (TPSA) is 113 Å². The van der Waals surface area contributed by atoms with Gasteiger partial charge >= 0.3 is 11.9 Å². The van der Waals surface area contributed by atoms with Crippen molar-refractivity contribution in [3.05, 3.63) is 73.2 Å². The van der Waals surface area contributed by atoms with Crippen LogP contribution in [0.1, 0.15) is 81.8 Å². The van der Waals surface area contributed by atoms with Crippen LogP contribution in [0.5, 0.6) is 5.75 Å². The summed E-state index contributed by atoms with van der Waals surface area (Å²) in [5, 5.41) is 0.481. The lowest BCUT2D eigenvalue weighted by Crippen LogP contribution is -2.28. The van der Waals surface area contributed by atoms with Crippen molar-refractivity contribution in [1.29, 1.82) is 0 Å². The number of carbonyl (C=O) groups is 3. The molecule has 0 bridgehead atoms. The highest BCUT2D eigenvalue weighted by molar-refractivity contribution is 9.10. The molecule has 0 amide bonds. The second-order valence-corrected chi connectivity index (χ2v) is 13.1. The van der Waals surface area contributed by atoms with Crippen LogP contribution in [0.4, 0.5) is 0 Å². The van der Waals surface area contributed by atoms with E-state index in [1.54, 1.807) is 38.2 Å². The number of carbonyl (C=O) groups excluding carboxylic acids is 3. The summed E-state index contributed by atoms with van der Waals surface area (Å²) < 4.78 is 24.7. The van der Waals surface area contributed by atoms with Gasteiger partial charge in [0.2, 0.25) is 0 Å². The molecule has 0 aliphatic heterocycles. The second kappa shape index (κ2) is 17.1. The number of benzene rings is 1. The van der Waals surface area contributed by atoms with E-state index in [2.05, 4.69) is 29.8 Å². The molecule has 0 saturated heterocycles. The van der Waals surface area contributed by atoms with Gasteiger partial charge in [-0.15, -0.1) is 0 Å². The van der Waals surface area contributed by atoms with Crippen LogP contribution in [0.15, 0.2) is 51.6 Å². The van der Waals surface area contributed by atoms with E-state index in [9.17, 15) is 19.2 Å². The lowest BCUT2D eigenvalue weighted by atomic mass is 9.82. The van der Waals surface area contributed by atoms with Crippen LogP contribution in [0.3, 0.4) is 0 Å². The van der Waals surface area contributed by atoms with Crippen LogP contribution in [0.25, 0.3) is 0 Å². The van der Waals surface area contributed by atoms with Crippen LogP contribution in [-0.4, -0.2) is 73.8 Å². The van der Waals surface area contributed by atoms with Gasteiger partial charge in [0, 0.05) is 67.7 Å². The Morgan fingerprint density at radius 3 is 2.52 bits per heavy atom. The number of hydrogen-bond donors (Lipinski definition) is 0. The molecule has 1 aliphatic carbocycles. The fourth-order valence-corrected chi connectivity index (χ4v) is 6.71. The Morgan fingerprint density at radius 1 is 1.13 bits per heavy atom. The summed E-state index contributed by atoms with van der Waals surface area (Å²) >= 11 is 10.3. The maximum absolute atomic E-state index is 12.5. The van der Waals surface area contributed by atoms with E-state index < -0.39 is 11.9 Å². The Hall–Kier alpha value is -3.15. The van der Waals surface area contributed by atoms with Crippen LogP contribution in [-0.2, 0) is 23.8 Å². The van der Waals surface area contributed by atoms with Crippen LogP contribution < -0.4 is 10.2 Å². The molecule has 1 aromatic carbocycles. The summed E-state index contributed by atoms with van der Waals surface area (Å²) in [6.45, 7) is 11.2. The molecule has 46 heavy (non-hydrogen) atoms. The first kappa shape index (κ1) is 37.3. The number of ketones is 1. The first-order valence-electron chi connectivity index (χ1n) is 15.5. The standard InChI is InChI=1S/C34H44BrClN2O8/c1-7-44-32(41)25(22(3)39)20-37(6)14-17-43-15-9-16-46-30-18-24(27(35)19-28(30)36)23-10-12-34(4,5)31(23)38-13-11-29(40)26(21-38)33(42)45-8-2/h11,13,18-21,23,31H,7-10,12,14-17H2,1-6H3/b25-20-. The van der Waals surface area contributed by atoms with Crippen molar-refractivity contribution in [3.63, 3.8) is 0 Å². The highest BCUT2D eigenvalue weighted by Gasteiger charge is 2.44. The molecule has 3 rings (SSSR count). The minimum Gasteiger partial charge on any atom is -0.492 e. The third kappa shape index (κ3) is 9.68. The number of pyridine rings is 1. The van der Waals surface area contributed by atoms with E-state index in [4.69, 9.17) is 30.5 Å². The van der Waals surface area contributed by atoms with Crippen molar-refractivity contribution in [3.8, 4) is 5.75 Å². The van der Waals surface area contributed by atoms with Gasteiger partial charge in [-0.25, -0.2) is 9.59 Å². The van der Waals surface area contributed by atoms with Gasteiger partial charge in [-0.3, -0.25) is 9.59 Å². The number of halogens is 2. The molecule has 2 aromatic rings. The van der Waals surface area contributed by atoms with Crippen molar-refractivity contribution in [2.24, 2.45) is 5.41 Å². The highest BCUT2D eigenvalue weighted by atomic mass is 79.9. The fourth-order valence-electron chi connectivity index (χ4n) is 5.72. The molecule has 12 heteroatoms. The van der Waals surface area contributed by atoms with E-state index in [1.807, 2.05) is 16.7 Å². The van der Waals surface area contributed by atoms with Crippen LogP contribution in [0, 0.1) is 5.41 Å². The molecule has 10 nitrogen and oxygen atoms in total. The Morgan fingerprint density at radius 2 is 1.85 bits per heavy atom. The van der Waals surface area contributed by atoms with Gasteiger partial charge in [-0.2, -0.15) is 0 Å². The summed E-state index contributed by atoms with van der Waals surface area (Å²) in [6, 6.07) is 5.19. The largest absolute Gasteiger partial charge is 0.492 e. The molecule has 1 fully saturated rings. The number of Topliss-reactive ketones (excluding diaryl/α,β-unsaturated/α-hetero) is 1. The average molecular weight is 724 g/mol. The van der Waals surface area contributed by atoms with Crippen LogP contribution in [0.2, 0.25) is 5.02 Å². The number of likely N-dealkylation sites (N-methyl/N-ethyl adjacent to an activating group) is 1. The lowest BCUT2D eigenvalue weighted by Gasteiger charge is -2.34. The van der Waals surface area contributed by atoms with Crippen molar-refractivity contribution in [2.75, 3.05) is 46.6 Å². The summed E-state index contributed by atoms with van der Waals surface area (Å²) in [4.78, 5) is 50.4. The van der Waals surface area contributed by atoms with E-state index in [-0.39, 0.29) is 52.9 Å². The van der Waals surface area contributed by atoms with Crippen molar-refractivity contribution >= 4 is 45.3 Å². The predicted molar refractivity (Wildman–Crippen MR) is 180 cm³/mol. The zero-order chi connectivity index (χ0) is 34.0. The quantitative estimate of drug-likeness (QED) is 0.0644. The van der Waals surface area contributed by atoms with Gasteiger partial charge in [0.15, 0.2) is 11.2 Å². The Bertz CT molecular complexity index is 1490. The SMILES string of the molecule is CCOC(=O)/C(=C\N(C)CCOCCCOc1cc(C2CCC(C)(C)C2n2ccc(=O)c(C(=O)OCC)c2)c(Br)cc1Cl)C(C)=O. The third-order valence-corrected chi connectivity index (χ3v) is 8.98. The fraction of sp³-hybridized carbons (Fsp3) is 0.529. The number of hydrogen-bond acceptors (Lipinski definition) is 9. The number of ether oxygens (including phenoxy) is 4. The van der Waals surface area contributed by atoms with Crippen molar-refractivity contribution in [2.45, 2.75) is 65.8 Å². The van der Waals surface area contributed by atoms with E-state index >= 15 is 0 Å². The van der Waals surface area contributed by atoms with E-state index in [0.29, 0.717) is 43.6 Å². The van der Waals surface area contributed by atoms with E-state index in [0.717, 1.165) is 22.9 Å². The molecule has 2 atom stereocenters. The van der Waals surface area contributed by atoms with Crippen molar-refractivity contribution < 1.29 is 33.3 Å². The number of rotatable bonds is 16. The Balaban J connectivity index is 1.63. The minimum absolute atomic E-state index is 0.00336. The smallest absolute Gasteiger partial charge is 0.343 e. The van der Waals surface area contributed by atoms with Crippen molar-refractivity contribution in [1.82, 2.24) is 9.47 Å². The zero-order valence-electron chi connectivity index (χ0n) is 27.4. The maximum Gasteiger partial charge on any atom is 0.343 e. The molecular formula is C34H44BrClN2O8. The molecule has 1 aliphatic rings. The summed E-state index contributed by atoms with van der Waals surface area (Å²) in [7, 11) is 1.76. The molecule has 0 N–H and O–H groups in total. The summed E-state index contributed by atoms with van der Waals surface area (Å²) in [5.74, 6) is -0.993. The van der Waals surface area contributed by atoms with Gasteiger partial charge in [0.05, 0.1) is 31.5 Å². The Kier molecular flexibility index (Phi) is 13.9. The third-order valence-electron chi connectivity index (χ3n) is 7.99. The summed E-state index contributed by atoms with van der Waals surface area (Å²) in [5.41, 5.74) is 0.560. The number of nitrogens with zero attached hydrogens (tertiary/aromatic N) is 2. The maximum atomic E-state index is 12.5. The van der Waals surface area contributed by atoms with E-state index in [1.165, 1.54) is 19.2 Å². The second-order valence-electron chi connectivity index (χ2n) is 11.9. The molecular weight excluding hydrogens is 680 g/mol. The van der Waals surface area contributed by atoms with Gasteiger partial charge in [-0.1, -0.05) is 41.4 Å².